The van der Waals surface area contributed by atoms with Gasteiger partial charge in [0.15, 0.2) is 0 Å². The molecule has 0 unspecified atom stereocenters. The van der Waals surface area contributed by atoms with Crippen molar-refractivity contribution in [2.45, 2.75) is 12.8 Å². The normalized spacial score (nSPS) is 14.7. The maximum atomic E-state index is 13.6. The zero-order valence-corrected chi connectivity index (χ0v) is 16.3. The molecule has 0 aliphatic carbocycles. The number of carbonyl (C=O) groups is 1. The number of halogens is 2. The van der Waals surface area contributed by atoms with E-state index in [4.69, 9.17) is 10.00 Å². The van der Waals surface area contributed by atoms with Crippen LogP contribution in [0.3, 0.4) is 0 Å². The Morgan fingerprint density at radius 3 is 2.65 bits per heavy atom. The van der Waals surface area contributed by atoms with Gasteiger partial charge in [-0.3, -0.25) is 4.79 Å². The molecule has 0 saturated carbocycles. The van der Waals surface area contributed by atoms with E-state index in [1.165, 1.54) is 12.1 Å². The molecule has 1 saturated heterocycles. The molecule has 1 fully saturated rings. The monoisotopic (exact) mass is 464 g/mol. The summed E-state index contributed by atoms with van der Waals surface area (Å²) in [6, 6.07) is 13.8. The minimum Gasteiger partial charge on any atom is -0.492 e. The fraction of sp³-hybridized carbons (Fsp3) is 0.300. The number of hydrogen-bond donors (Lipinski definition) is 0. The average molecular weight is 464 g/mol. The fourth-order valence-corrected chi connectivity index (χ4v) is 3.67. The van der Waals surface area contributed by atoms with E-state index in [-0.39, 0.29) is 23.1 Å². The molecule has 0 atom stereocenters. The van der Waals surface area contributed by atoms with Gasteiger partial charge in [0.1, 0.15) is 23.2 Å². The lowest BCUT2D eigenvalue weighted by molar-refractivity contribution is 0.0659. The van der Waals surface area contributed by atoms with E-state index in [1.54, 1.807) is 6.07 Å². The van der Waals surface area contributed by atoms with Crippen LogP contribution in [0.25, 0.3) is 0 Å². The third-order valence-electron chi connectivity index (χ3n) is 4.57. The number of amides is 1. The number of carbonyl (C=O) groups excluding carboxylic acids is 1. The Morgan fingerprint density at radius 2 is 1.96 bits per heavy atom. The van der Waals surface area contributed by atoms with Gasteiger partial charge in [-0.2, -0.15) is 5.26 Å². The second kappa shape index (κ2) is 8.49. The molecule has 2 aromatic rings. The topological polar surface area (TPSA) is 53.3 Å². The SMILES string of the molecule is N#Cc1c(F)cccc1OCC1CCN(C(=O)c2ccccc2I)CC1. The van der Waals surface area contributed by atoms with Gasteiger partial charge >= 0.3 is 0 Å². The Hall–Kier alpha value is -2.14. The summed E-state index contributed by atoms with van der Waals surface area (Å²) in [6.45, 7) is 1.77. The van der Waals surface area contributed by atoms with Crippen LogP contribution in [0.2, 0.25) is 0 Å². The van der Waals surface area contributed by atoms with Crippen LogP contribution in [0.15, 0.2) is 42.5 Å². The first kappa shape index (κ1) is 18.6. The first-order chi connectivity index (χ1) is 12.6. The van der Waals surface area contributed by atoms with Gasteiger partial charge in [-0.15, -0.1) is 0 Å². The minimum atomic E-state index is -0.567. The van der Waals surface area contributed by atoms with Crippen molar-refractivity contribution < 1.29 is 13.9 Å². The summed E-state index contributed by atoms with van der Waals surface area (Å²) < 4.78 is 20.2. The molecule has 1 aliphatic heterocycles. The van der Waals surface area contributed by atoms with Crippen molar-refractivity contribution in [3.8, 4) is 11.8 Å². The maximum Gasteiger partial charge on any atom is 0.254 e. The molecule has 4 nitrogen and oxygen atoms in total. The minimum absolute atomic E-state index is 0.0567. The molecule has 6 heteroatoms. The molecule has 0 aromatic heterocycles. The van der Waals surface area contributed by atoms with Crippen LogP contribution in [0.5, 0.6) is 5.75 Å². The Balaban J connectivity index is 1.55. The summed E-state index contributed by atoms with van der Waals surface area (Å²) in [4.78, 5) is 14.5. The average Bonchev–Trinajstić information content (AvgIpc) is 2.66. The summed E-state index contributed by atoms with van der Waals surface area (Å²) in [5.41, 5.74) is 0.681. The number of ether oxygens (including phenoxy) is 1. The van der Waals surface area contributed by atoms with E-state index in [0.29, 0.717) is 19.7 Å². The largest absolute Gasteiger partial charge is 0.492 e. The quantitative estimate of drug-likeness (QED) is 0.637. The van der Waals surface area contributed by atoms with Gasteiger partial charge in [0, 0.05) is 16.7 Å². The summed E-state index contributed by atoms with van der Waals surface area (Å²) in [6.07, 6.45) is 1.65. The van der Waals surface area contributed by atoms with Crippen molar-refractivity contribution in [3.63, 3.8) is 0 Å². The fourth-order valence-electron chi connectivity index (χ4n) is 3.05. The number of benzene rings is 2. The van der Waals surface area contributed by atoms with Gasteiger partial charge in [0.05, 0.1) is 12.2 Å². The Bertz CT molecular complexity index is 842. The van der Waals surface area contributed by atoms with Gasteiger partial charge < -0.3 is 9.64 Å². The predicted molar refractivity (Wildman–Crippen MR) is 104 cm³/mol. The van der Waals surface area contributed by atoms with Gasteiger partial charge in [-0.05, 0) is 65.6 Å². The molecule has 0 bridgehead atoms. The van der Waals surface area contributed by atoms with Crippen LogP contribution in [0.1, 0.15) is 28.8 Å². The molecule has 3 rings (SSSR count). The summed E-state index contributed by atoms with van der Waals surface area (Å²) >= 11 is 2.18. The smallest absolute Gasteiger partial charge is 0.254 e. The van der Waals surface area contributed by atoms with Gasteiger partial charge in [-0.25, -0.2) is 4.39 Å². The van der Waals surface area contributed by atoms with Crippen LogP contribution >= 0.6 is 22.6 Å². The maximum absolute atomic E-state index is 13.6. The number of rotatable bonds is 4. The highest BCUT2D eigenvalue weighted by atomic mass is 127. The summed E-state index contributed by atoms with van der Waals surface area (Å²) in [7, 11) is 0. The van der Waals surface area contributed by atoms with Crippen molar-refractivity contribution in [2.24, 2.45) is 5.92 Å². The Labute approximate surface area is 165 Å². The zero-order valence-electron chi connectivity index (χ0n) is 14.1. The molecular formula is C20H18FIN2O2. The summed E-state index contributed by atoms with van der Waals surface area (Å²) in [5, 5.41) is 9.05. The van der Waals surface area contributed by atoms with Crippen LogP contribution in [-0.4, -0.2) is 30.5 Å². The standard InChI is InChI=1S/C20H18FIN2O2/c21-17-5-3-7-19(16(17)12-23)26-13-14-8-10-24(11-9-14)20(25)15-4-1-2-6-18(15)22/h1-7,14H,8-11,13H2. The zero-order chi connectivity index (χ0) is 18.5. The first-order valence-corrected chi connectivity index (χ1v) is 9.53. The molecule has 134 valence electrons. The van der Waals surface area contributed by atoms with Crippen molar-refractivity contribution >= 4 is 28.5 Å². The molecule has 2 aromatic carbocycles. The van der Waals surface area contributed by atoms with E-state index in [2.05, 4.69) is 22.6 Å². The van der Waals surface area contributed by atoms with Crippen LogP contribution in [0, 0.1) is 26.6 Å². The van der Waals surface area contributed by atoms with Crippen LogP contribution in [-0.2, 0) is 0 Å². The van der Waals surface area contributed by atoms with Crippen LogP contribution in [0.4, 0.5) is 4.39 Å². The van der Waals surface area contributed by atoms with E-state index in [0.717, 1.165) is 22.0 Å². The Kier molecular flexibility index (Phi) is 6.09. The highest BCUT2D eigenvalue weighted by molar-refractivity contribution is 14.1. The molecule has 0 radical (unpaired) electrons. The molecule has 0 N–H and O–H groups in total. The Morgan fingerprint density at radius 1 is 1.23 bits per heavy atom. The molecule has 1 aliphatic rings. The molecule has 26 heavy (non-hydrogen) atoms. The highest BCUT2D eigenvalue weighted by Crippen LogP contribution is 2.25. The number of nitriles is 1. The second-order valence-electron chi connectivity index (χ2n) is 6.25. The van der Waals surface area contributed by atoms with Gasteiger partial charge in [0.2, 0.25) is 0 Å². The highest BCUT2D eigenvalue weighted by Gasteiger charge is 2.25. The lowest BCUT2D eigenvalue weighted by atomic mass is 9.97. The first-order valence-electron chi connectivity index (χ1n) is 8.45. The van der Waals surface area contributed by atoms with Crippen molar-refractivity contribution in [2.75, 3.05) is 19.7 Å². The third kappa shape index (κ3) is 4.15. The molecular weight excluding hydrogens is 446 g/mol. The molecule has 1 amide bonds. The predicted octanol–water partition coefficient (Wildman–Crippen LogP) is 4.23. The van der Waals surface area contributed by atoms with E-state index in [9.17, 15) is 9.18 Å². The van der Waals surface area contributed by atoms with Crippen LogP contribution < -0.4 is 4.74 Å². The number of hydrogen-bond acceptors (Lipinski definition) is 3. The van der Waals surface area contributed by atoms with E-state index in [1.807, 2.05) is 35.2 Å². The number of piperidine rings is 1. The lowest BCUT2D eigenvalue weighted by Gasteiger charge is -2.32. The second-order valence-corrected chi connectivity index (χ2v) is 7.41. The third-order valence-corrected chi connectivity index (χ3v) is 5.51. The van der Waals surface area contributed by atoms with Gasteiger partial charge in [0.25, 0.3) is 5.91 Å². The van der Waals surface area contributed by atoms with E-state index >= 15 is 0 Å². The number of nitrogens with zero attached hydrogens (tertiary/aromatic N) is 2. The molecule has 0 spiro atoms. The number of likely N-dealkylation sites (tertiary alicyclic amines) is 1. The summed E-state index contributed by atoms with van der Waals surface area (Å²) in [5.74, 6) is 0.0581. The van der Waals surface area contributed by atoms with Gasteiger partial charge in [-0.1, -0.05) is 18.2 Å². The van der Waals surface area contributed by atoms with E-state index < -0.39 is 5.82 Å². The molecule has 1 heterocycles. The lowest BCUT2D eigenvalue weighted by Crippen LogP contribution is -2.40. The van der Waals surface area contributed by atoms with Crippen molar-refractivity contribution in [3.05, 3.63) is 63.0 Å². The van der Waals surface area contributed by atoms with Crippen molar-refractivity contribution in [1.82, 2.24) is 4.90 Å². The van der Waals surface area contributed by atoms with Crippen molar-refractivity contribution in [1.29, 1.82) is 5.26 Å².